The maximum atomic E-state index is 10.9. The normalized spacial score (nSPS) is 14.2. The fourth-order valence-corrected chi connectivity index (χ4v) is 4.01. The Labute approximate surface area is 114 Å². The van der Waals surface area contributed by atoms with Gasteiger partial charge in [0.1, 0.15) is 0 Å². The van der Waals surface area contributed by atoms with Crippen LogP contribution in [0.25, 0.3) is 0 Å². The Kier molecular flexibility index (Phi) is 6.33. The molecule has 0 unspecified atom stereocenters. The molecule has 18 heavy (non-hydrogen) atoms. The van der Waals surface area contributed by atoms with Gasteiger partial charge in [0, 0.05) is 0 Å². The standard InChI is InChI=1S/C13H19NO3Se/c1-3-6-12(15)10(2)9-18-13-8-5-4-7-11(13)14(16)17/h4-5,7-8,10,12,15H,3,6,9H2,1-2H3/t10-,12+/m0/s1. The van der Waals surface area contributed by atoms with Gasteiger partial charge < -0.3 is 0 Å². The number of nitrogens with zero attached hydrogens (tertiary/aromatic N) is 1. The minimum atomic E-state index is -0.329. The molecule has 0 aliphatic heterocycles. The molecule has 0 heterocycles. The molecule has 0 radical (unpaired) electrons. The third-order valence-electron chi connectivity index (χ3n) is 2.80. The van der Waals surface area contributed by atoms with Crippen molar-refractivity contribution in [3.05, 3.63) is 34.4 Å². The predicted molar refractivity (Wildman–Crippen MR) is 73.4 cm³/mol. The van der Waals surface area contributed by atoms with Crippen LogP contribution in [0.15, 0.2) is 24.3 Å². The van der Waals surface area contributed by atoms with Crippen molar-refractivity contribution in [1.82, 2.24) is 0 Å². The summed E-state index contributed by atoms with van der Waals surface area (Å²) in [5.74, 6) is 0.199. The van der Waals surface area contributed by atoms with E-state index in [-0.39, 0.29) is 37.6 Å². The van der Waals surface area contributed by atoms with Crippen LogP contribution in [0.2, 0.25) is 5.32 Å². The summed E-state index contributed by atoms with van der Waals surface area (Å²) in [4.78, 5) is 10.5. The first kappa shape index (κ1) is 15.2. The maximum absolute atomic E-state index is 10.9. The number of aliphatic hydroxyl groups excluding tert-OH is 1. The van der Waals surface area contributed by atoms with Crippen molar-refractivity contribution in [3.63, 3.8) is 0 Å². The summed E-state index contributed by atoms with van der Waals surface area (Å²) in [7, 11) is 0. The molecule has 0 bridgehead atoms. The molecule has 0 saturated carbocycles. The summed E-state index contributed by atoms with van der Waals surface area (Å²) in [6.07, 6.45) is 1.47. The monoisotopic (exact) mass is 317 g/mol. The van der Waals surface area contributed by atoms with Crippen LogP contribution in [0, 0.1) is 16.0 Å². The Morgan fingerprint density at radius 1 is 1.44 bits per heavy atom. The van der Waals surface area contributed by atoms with Crippen molar-refractivity contribution in [1.29, 1.82) is 0 Å². The zero-order valence-electron chi connectivity index (χ0n) is 10.7. The van der Waals surface area contributed by atoms with Gasteiger partial charge in [0.15, 0.2) is 0 Å². The van der Waals surface area contributed by atoms with Gasteiger partial charge in [-0.3, -0.25) is 0 Å². The van der Waals surface area contributed by atoms with E-state index in [1.165, 1.54) is 0 Å². The Morgan fingerprint density at radius 2 is 2.11 bits per heavy atom. The number of para-hydroxylation sites is 1. The third kappa shape index (κ3) is 4.41. The molecule has 2 atom stereocenters. The molecule has 0 amide bonds. The van der Waals surface area contributed by atoms with E-state index in [9.17, 15) is 15.2 Å². The van der Waals surface area contributed by atoms with Crippen molar-refractivity contribution in [3.8, 4) is 0 Å². The third-order valence-corrected chi connectivity index (χ3v) is 5.63. The first-order valence-corrected chi connectivity index (χ1v) is 8.17. The average molecular weight is 316 g/mol. The number of rotatable bonds is 7. The van der Waals surface area contributed by atoms with E-state index in [1.54, 1.807) is 12.1 Å². The molecule has 1 rings (SSSR count). The SMILES string of the molecule is CCC[C@@H](O)[C@@H](C)C[Se]c1ccccc1[N+](=O)[O-]. The van der Waals surface area contributed by atoms with Crippen LogP contribution >= 0.6 is 0 Å². The van der Waals surface area contributed by atoms with Crippen molar-refractivity contribution < 1.29 is 10.0 Å². The van der Waals surface area contributed by atoms with Gasteiger partial charge in [-0.15, -0.1) is 0 Å². The second-order valence-electron chi connectivity index (χ2n) is 4.37. The van der Waals surface area contributed by atoms with Crippen LogP contribution in [0.5, 0.6) is 0 Å². The number of aliphatic hydroxyl groups is 1. The first-order chi connectivity index (χ1) is 8.56. The molecule has 0 aliphatic rings. The summed E-state index contributed by atoms with van der Waals surface area (Å²) in [5, 5.41) is 21.6. The van der Waals surface area contributed by atoms with Gasteiger partial charge >= 0.3 is 114 Å². The van der Waals surface area contributed by atoms with Crippen LogP contribution in [0.3, 0.4) is 0 Å². The zero-order valence-corrected chi connectivity index (χ0v) is 12.4. The topological polar surface area (TPSA) is 63.4 Å². The Bertz CT molecular complexity index is 398. The van der Waals surface area contributed by atoms with Crippen molar-refractivity contribution >= 4 is 25.1 Å². The van der Waals surface area contributed by atoms with Crippen LogP contribution in [-0.4, -0.2) is 31.1 Å². The van der Waals surface area contributed by atoms with Gasteiger partial charge in [-0.2, -0.15) is 0 Å². The van der Waals surface area contributed by atoms with E-state index >= 15 is 0 Å². The summed E-state index contributed by atoms with van der Waals surface area (Å²) in [6, 6.07) is 6.88. The zero-order chi connectivity index (χ0) is 13.5. The van der Waals surface area contributed by atoms with Crippen LogP contribution in [-0.2, 0) is 0 Å². The fourth-order valence-electron chi connectivity index (χ4n) is 1.64. The van der Waals surface area contributed by atoms with E-state index < -0.39 is 0 Å². The fraction of sp³-hybridized carbons (Fsp3) is 0.538. The Balaban J connectivity index is 2.60. The van der Waals surface area contributed by atoms with Crippen LogP contribution in [0.4, 0.5) is 5.69 Å². The van der Waals surface area contributed by atoms with Gasteiger partial charge in [0.2, 0.25) is 0 Å². The first-order valence-electron chi connectivity index (χ1n) is 6.10. The minimum absolute atomic E-state index is 0.0395. The van der Waals surface area contributed by atoms with Crippen molar-refractivity contribution in [2.75, 3.05) is 0 Å². The number of nitro benzene ring substituents is 1. The molecule has 0 fully saturated rings. The molecular weight excluding hydrogens is 297 g/mol. The molecule has 1 aromatic carbocycles. The van der Waals surface area contributed by atoms with E-state index in [4.69, 9.17) is 0 Å². The number of hydrogen-bond donors (Lipinski definition) is 1. The van der Waals surface area contributed by atoms with Crippen molar-refractivity contribution in [2.45, 2.75) is 38.1 Å². The summed E-state index contributed by atoms with van der Waals surface area (Å²) in [6.45, 7) is 4.06. The Morgan fingerprint density at radius 3 is 2.72 bits per heavy atom. The van der Waals surface area contributed by atoms with Gasteiger partial charge in [-0.05, 0) is 0 Å². The molecule has 4 nitrogen and oxygen atoms in total. The van der Waals surface area contributed by atoms with E-state index in [2.05, 4.69) is 0 Å². The van der Waals surface area contributed by atoms with Gasteiger partial charge in [0.25, 0.3) is 0 Å². The van der Waals surface area contributed by atoms with E-state index in [0.29, 0.717) is 0 Å². The van der Waals surface area contributed by atoms with E-state index in [0.717, 1.165) is 22.6 Å². The molecule has 0 spiro atoms. The van der Waals surface area contributed by atoms with Crippen LogP contribution in [0.1, 0.15) is 26.7 Å². The molecule has 0 aromatic heterocycles. The van der Waals surface area contributed by atoms with E-state index in [1.807, 2.05) is 26.0 Å². The molecule has 5 heteroatoms. The summed E-state index contributed by atoms with van der Waals surface area (Å²) >= 11 is 0.0395. The van der Waals surface area contributed by atoms with Gasteiger partial charge in [0.05, 0.1) is 0 Å². The van der Waals surface area contributed by atoms with Gasteiger partial charge in [-0.1, -0.05) is 0 Å². The molecular formula is C13H19NO3Se. The molecule has 1 aromatic rings. The number of benzene rings is 1. The molecule has 1 N–H and O–H groups in total. The second kappa shape index (κ2) is 7.52. The molecule has 0 aliphatic carbocycles. The Hall–Kier alpha value is -0.901. The number of hydrogen-bond acceptors (Lipinski definition) is 3. The van der Waals surface area contributed by atoms with Gasteiger partial charge in [-0.25, -0.2) is 0 Å². The number of nitro groups is 1. The average Bonchev–Trinajstić information content (AvgIpc) is 2.36. The summed E-state index contributed by atoms with van der Waals surface area (Å²) < 4.78 is 0.811. The van der Waals surface area contributed by atoms with Crippen LogP contribution < -0.4 is 4.46 Å². The predicted octanol–water partition coefficient (Wildman–Crippen LogP) is 2.14. The summed E-state index contributed by atoms with van der Waals surface area (Å²) in [5.41, 5.74) is 0.203. The van der Waals surface area contributed by atoms with Crippen molar-refractivity contribution in [2.24, 2.45) is 5.92 Å². The molecule has 0 saturated heterocycles. The molecule has 100 valence electrons. The second-order valence-corrected chi connectivity index (χ2v) is 6.60. The quantitative estimate of drug-likeness (QED) is 0.476.